The van der Waals surface area contributed by atoms with Crippen LogP contribution >= 0.6 is 0 Å². The Morgan fingerprint density at radius 3 is 2.38 bits per heavy atom. The molecule has 0 saturated heterocycles. The number of nitrogens with two attached hydrogens (primary N) is 1. The first kappa shape index (κ1) is 17.7. The number of methoxy groups -OCH3 is 1. The number of hydrogen-bond acceptors (Lipinski definition) is 4. The third-order valence-corrected chi connectivity index (χ3v) is 4.46. The van der Waals surface area contributed by atoms with Crippen LogP contribution < -0.4 is 16.0 Å². The Kier molecular flexibility index (Phi) is 5.37. The molecule has 26 heavy (non-hydrogen) atoms. The lowest BCUT2D eigenvalue weighted by atomic mass is 10.0. The maximum absolute atomic E-state index is 11.9. The Bertz CT molecular complexity index is 946. The molecular weight excluding hydrogens is 326 g/mol. The first-order valence-corrected chi connectivity index (χ1v) is 8.58. The van der Waals surface area contributed by atoms with Crippen molar-refractivity contribution in [2.75, 3.05) is 12.8 Å². The second kappa shape index (κ2) is 7.87. The molecule has 2 N–H and O–H groups in total. The summed E-state index contributed by atoms with van der Waals surface area (Å²) in [5.41, 5.74) is 9.99. The highest BCUT2D eigenvalue weighted by Crippen LogP contribution is 2.15. The Labute approximate surface area is 153 Å². The fraction of sp³-hybridized carbons (Fsp3) is 0.238. The molecule has 0 amide bonds. The zero-order valence-corrected chi connectivity index (χ0v) is 15.1. The van der Waals surface area contributed by atoms with Crippen LogP contribution in [0.4, 0.5) is 5.95 Å². The van der Waals surface area contributed by atoms with Crippen molar-refractivity contribution in [1.29, 1.82) is 0 Å². The summed E-state index contributed by atoms with van der Waals surface area (Å²) in [5.74, 6) is 1.11. The van der Waals surface area contributed by atoms with Crippen LogP contribution in [0.2, 0.25) is 0 Å². The minimum absolute atomic E-state index is 0.136. The molecule has 5 nitrogen and oxygen atoms in total. The van der Waals surface area contributed by atoms with Gasteiger partial charge in [-0.15, -0.1) is 0 Å². The minimum atomic E-state index is -0.136. The molecule has 5 heteroatoms. The molecule has 0 saturated carbocycles. The topological polar surface area (TPSA) is 70.1 Å². The summed E-state index contributed by atoms with van der Waals surface area (Å²) in [5, 5.41) is 0. The third-order valence-electron chi connectivity index (χ3n) is 4.46. The Balaban J connectivity index is 1.68. The quantitative estimate of drug-likeness (QED) is 0.743. The summed E-state index contributed by atoms with van der Waals surface area (Å²) < 4.78 is 6.53. The Morgan fingerprint density at radius 1 is 1.00 bits per heavy atom. The maximum atomic E-state index is 11.9. The second-order valence-electron chi connectivity index (χ2n) is 6.35. The van der Waals surface area contributed by atoms with E-state index in [4.69, 9.17) is 10.5 Å². The molecule has 0 bridgehead atoms. The molecule has 0 radical (unpaired) electrons. The minimum Gasteiger partial charge on any atom is -0.497 e. The number of nitrogens with zero attached hydrogens (tertiary/aromatic N) is 2. The van der Waals surface area contributed by atoms with E-state index in [1.807, 2.05) is 24.3 Å². The first-order chi connectivity index (χ1) is 12.5. The monoisotopic (exact) mass is 349 g/mol. The highest BCUT2D eigenvalue weighted by atomic mass is 16.5. The van der Waals surface area contributed by atoms with Crippen molar-refractivity contribution in [3.63, 3.8) is 0 Å². The van der Waals surface area contributed by atoms with Gasteiger partial charge in [-0.25, -0.2) is 4.98 Å². The SMILES string of the molecule is COc1ccc(CCc2cccc(Cc3cc(=O)n(C)c(N)n3)c2)cc1. The van der Waals surface area contributed by atoms with Gasteiger partial charge in [0.25, 0.3) is 5.56 Å². The van der Waals surface area contributed by atoms with E-state index in [-0.39, 0.29) is 11.5 Å². The van der Waals surface area contributed by atoms with Gasteiger partial charge in [-0.05, 0) is 41.7 Å². The van der Waals surface area contributed by atoms with Crippen molar-refractivity contribution >= 4 is 5.95 Å². The summed E-state index contributed by atoms with van der Waals surface area (Å²) in [4.78, 5) is 16.2. The van der Waals surface area contributed by atoms with Crippen molar-refractivity contribution in [3.8, 4) is 5.75 Å². The molecule has 0 aliphatic rings. The molecule has 3 rings (SSSR count). The van der Waals surface area contributed by atoms with Crippen molar-refractivity contribution in [3.05, 3.63) is 87.3 Å². The zero-order valence-electron chi connectivity index (χ0n) is 15.1. The van der Waals surface area contributed by atoms with Crippen LogP contribution in [0.3, 0.4) is 0 Å². The van der Waals surface area contributed by atoms with Crippen molar-refractivity contribution in [1.82, 2.24) is 9.55 Å². The van der Waals surface area contributed by atoms with E-state index in [1.165, 1.54) is 15.7 Å². The highest BCUT2D eigenvalue weighted by molar-refractivity contribution is 5.31. The number of benzene rings is 2. The summed E-state index contributed by atoms with van der Waals surface area (Å²) in [6.07, 6.45) is 2.51. The standard InChI is InChI=1S/C21H23N3O2/c1-24-20(25)14-18(23-21(24)22)13-17-5-3-4-16(12-17)7-6-15-8-10-19(26-2)11-9-15/h3-5,8-12,14H,6-7,13H2,1-2H3,(H2,22,23). The van der Waals surface area contributed by atoms with E-state index >= 15 is 0 Å². The molecule has 0 aliphatic carbocycles. The fourth-order valence-electron chi connectivity index (χ4n) is 2.88. The summed E-state index contributed by atoms with van der Waals surface area (Å²) in [7, 11) is 3.29. The average molecular weight is 349 g/mol. The van der Waals surface area contributed by atoms with Crippen LogP contribution in [0.5, 0.6) is 5.75 Å². The number of aromatic nitrogens is 2. The van der Waals surface area contributed by atoms with E-state index in [9.17, 15) is 4.79 Å². The van der Waals surface area contributed by atoms with E-state index in [0.717, 1.165) is 24.2 Å². The number of anilines is 1. The van der Waals surface area contributed by atoms with Crippen LogP contribution in [0.15, 0.2) is 59.4 Å². The Hall–Kier alpha value is -3.08. The van der Waals surface area contributed by atoms with E-state index < -0.39 is 0 Å². The summed E-state index contributed by atoms with van der Waals surface area (Å²) in [6, 6.07) is 18.1. The number of hydrogen-bond donors (Lipinski definition) is 1. The largest absolute Gasteiger partial charge is 0.497 e. The van der Waals surface area contributed by atoms with Gasteiger partial charge < -0.3 is 10.5 Å². The molecule has 134 valence electrons. The van der Waals surface area contributed by atoms with Crippen LogP contribution in [0.25, 0.3) is 0 Å². The van der Waals surface area contributed by atoms with Crippen LogP contribution in [0.1, 0.15) is 22.4 Å². The van der Waals surface area contributed by atoms with Gasteiger partial charge in [0.1, 0.15) is 5.75 Å². The first-order valence-electron chi connectivity index (χ1n) is 8.58. The normalized spacial score (nSPS) is 10.7. The average Bonchev–Trinajstić information content (AvgIpc) is 2.65. The number of aryl methyl sites for hydroxylation is 2. The van der Waals surface area contributed by atoms with E-state index in [0.29, 0.717) is 12.1 Å². The summed E-state index contributed by atoms with van der Waals surface area (Å²) in [6.45, 7) is 0. The van der Waals surface area contributed by atoms with Gasteiger partial charge in [0.05, 0.1) is 12.8 Å². The van der Waals surface area contributed by atoms with E-state index in [1.54, 1.807) is 20.2 Å². The number of nitrogen functional groups attached to an aromatic ring is 1. The molecule has 2 aromatic carbocycles. The fourth-order valence-corrected chi connectivity index (χ4v) is 2.88. The zero-order chi connectivity index (χ0) is 18.5. The van der Waals surface area contributed by atoms with Crippen molar-refractivity contribution < 1.29 is 4.74 Å². The highest BCUT2D eigenvalue weighted by Gasteiger charge is 2.05. The molecule has 0 aliphatic heterocycles. The van der Waals surface area contributed by atoms with Gasteiger partial charge in [0.15, 0.2) is 0 Å². The predicted molar refractivity (Wildman–Crippen MR) is 104 cm³/mol. The van der Waals surface area contributed by atoms with Crippen LogP contribution in [0, 0.1) is 0 Å². The molecule has 0 unspecified atom stereocenters. The lowest BCUT2D eigenvalue weighted by molar-refractivity contribution is 0.414. The molecular formula is C21H23N3O2. The lowest BCUT2D eigenvalue weighted by Gasteiger charge is -2.08. The molecule has 1 heterocycles. The van der Waals surface area contributed by atoms with Crippen LogP contribution in [-0.2, 0) is 26.3 Å². The predicted octanol–water partition coefficient (Wildman–Crippen LogP) is 2.75. The van der Waals surface area contributed by atoms with Crippen molar-refractivity contribution in [2.24, 2.45) is 7.05 Å². The number of ether oxygens (including phenoxy) is 1. The molecule has 0 spiro atoms. The third kappa shape index (κ3) is 4.30. The van der Waals surface area contributed by atoms with Gasteiger partial charge in [0.2, 0.25) is 5.95 Å². The second-order valence-corrected chi connectivity index (χ2v) is 6.35. The molecule has 1 aromatic heterocycles. The molecule has 0 fully saturated rings. The van der Waals surface area contributed by atoms with Gasteiger partial charge in [-0.3, -0.25) is 9.36 Å². The molecule has 3 aromatic rings. The van der Waals surface area contributed by atoms with Crippen molar-refractivity contribution in [2.45, 2.75) is 19.3 Å². The summed E-state index contributed by atoms with van der Waals surface area (Å²) >= 11 is 0. The number of rotatable bonds is 6. The Morgan fingerprint density at radius 2 is 1.69 bits per heavy atom. The molecule has 0 atom stereocenters. The smallest absolute Gasteiger partial charge is 0.254 e. The van der Waals surface area contributed by atoms with E-state index in [2.05, 4.69) is 29.2 Å². The van der Waals surface area contributed by atoms with Gasteiger partial charge in [-0.2, -0.15) is 0 Å². The van der Waals surface area contributed by atoms with Crippen LogP contribution in [-0.4, -0.2) is 16.7 Å². The van der Waals surface area contributed by atoms with Gasteiger partial charge in [-0.1, -0.05) is 36.4 Å². The lowest BCUT2D eigenvalue weighted by Crippen LogP contribution is -2.21. The van der Waals surface area contributed by atoms with Gasteiger partial charge in [0, 0.05) is 19.5 Å². The maximum Gasteiger partial charge on any atom is 0.254 e. The van der Waals surface area contributed by atoms with Gasteiger partial charge >= 0.3 is 0 Å².